The van der Waals surface area contributed by atoms with Crippen LogP contribution in [-0.4, -0.2) is 22.7 Å². The van der Waals surface area contributed by atoms with Gasteiger partial charge < -0.3 is 10.3 Å². The van der Waals surface area contributed by atoms with Crippen molar-refractivity contribution in [2.75, 3.05) is 0 Å². The van der Waals surface area contributed by atoms with Crippen molar-refractivity contribution in [3.05, 3.63) is 33.2 Å². The monoisotopic (exact) mass is 316 g/mol. The third-order valence-corrected chi connectivity index (χ3v) is 4.94. The van der Waals surface area contributed by atoms with Gasteiger partial charge in [-0.25, -0.2) is 0 Å². The van der Waals surface area contributed by atoms with Gasteiger partial charge in [-0.05, 0) is 31.2 Å². The maximum Gasteiger partial charge on any atom is 0.261 e. The van der Waals surface area contributed by atoms with Crippen molar-refractivity contribution < 1.29 is 9.59 Å². The lowest BCUT2D eigenvalue weighted by molar-refractivity contribution is 0.0931. The van der Waals surface area contributed by atoms with Crippen LogP contribution in [0.5, 0.6) is 0 Å². The van der Waals surface area contributed by atoms with Crippen molar-refractivity contribution in [3.8, 4) is 0 Å². The minimum Gasteiger partial charge on any atom is -0.349 e. The van der Waals surface area contributed by atoms with E-state index in [-0.39, 0.29) is 29.2 Å². The van der Waals surface area contributed by atoms with E-state index in [1.165, 1.54) is 18.9 Å². The molecular formula is C18H24N2O3. The predicted octanol–water partition coefficient (Wildman–Crippen LogP) is 2.59. The van der Waals surface area contributed by atoms with E-state index in [4.69, 9.17) is 0 Å². The number of hydrogen-bond donors (Lipinski definition) is 2. The van der Waals surface area contributed by atoms with Gasteiger partial charge in [0.25, 0.3) is 11.5 Å². The Bertz CT molecular complexity index is 669. The van der Waals surface area contributed by atoms with Gasteiger partial charge in [-0.15, -0.1) is 0 Å². The highest BCUT2D eigenvalue weighted by molar-refractivity contribution is 6.01. The average Bonchev–Trinajstić information content (AvgIpc) is 2.74. The summed E-state index contributed by atoms with van der Waals surface area (Å²) in [5.74, 6) is -0.109. The molecule has 0 aromatic carbocycles. The molecule has 0 saturated heterocycles. The van der Waals surface area contributed by atoms with Gasteiger partial charge in [0.2, 0.25) is 0 Å². The van der Waals surface area contributed by atoms with Crippen molar-refractivity contribution in [1.82, 2.24) is 10.3 Å². The molecule has 1 heterocycles. The molecule has 1 atom stereocenters. The Balaban J connectivity index is 1.82. The molecule has 0 unspecified atom stereocenters. The van der Waals surface area contributed by atoms with Crippen LogP contribution in [0.2, 0.25) is 0 Å². The number of amides is 1. The van der Waals surface area contributed by atoms with E-state index < -0.39 is 5.56 Å². The van der Waals surface area contributed by atoms with Crippen molar-refractivity contribution in [1.29, 1.82) is 0 Å². The summed E-state index contributed by atoms with van der Waals surface area (Å²) >= 11 is 0. The molecule has 1 amide bonds. The van der Waals surface area contributed by atoms with E-state index in [9.17, 15) is 14.4 Å². The summed E-state index contributed by atoms with van der Waals surface area (Å²) in [7, 11) is 0. The molecule has 1 aromatic rings. The number of aromatic nitrogens is 1. The number of nitrogens with one attached hydrogen (secondary N) is 2. The van der Waals surface area contributed by atoms with Crippen LogP contribution in [0.15, 0.2) is 10.9 Å². The molecule has 2 N–H and O–H groups in total. The second kappa shape index (κ2) is 6.69. The van der Waals surface area contributed by atoms with Crippen molar-refractivity contribution in [2.45, 2.75) is 64.3 Å². The second-order valence-electron chi connectivity index (χ2n) is 7.00. The molecule has 3 rings (SSSR count). The normalized spacial score (nSPS) is 22.3. The van der Waals surface area contributed by atoms with E-state index >= 15 is 0 Å². The molecule has 0 bridgehead atoms. The molecule has 1 saturated carbocycles. The lowest BCUT2D eigenvalue weighted by Crippen LogP contribution is -2.38. The Morgan fingerprint density at radius 3 is 2.52 bits per heavy atom. The van der Waals surface area contributed by atoms with E-state index in [1.807, 2.05) is 6.92 Å². The van der Waals surface area contributed by atoms with Crippen LogP contribution in [0, 0.1) is 5.92 Å². The van der Waals surface area contributed by atoms with E-state index in [2.05, 4.69) is 10.3 Å². The molecule has 1 fully saturated rings. The van der Waals surface area contributed by atoms with Gasteiger partial charge in [0.15, 0.2) is 5.78 Å². The lowest BCUT2D eigenvalue weighted by atomic mass is 9.86. The Morgan fingerprint density at radius 1 is 1.13 bits per heavy atom. The number of hydrogen-bond acceptors (Lipinski definition) is 3. The van der Waals surface area contributed by atoms with E-state index in [1.54, 1.807) is 0 Å². The fraction of sp³-hybridized carbons (Fsp3) is 0.611. The molecule has 0 radical (unpaired) electrons. The first-order valence-corrected chi connectivity index (χ1v) is 8.65. The number of carbonyl (C=O) groups excluding carboxylic acids is 2. The van der Waals surface area contributed by atoms with Gasteiger partial charge in [-0.1, -0.05) is 32.6 Å². The van der Waals surface area contributed by atoms with Crippen molar-refractivity contribution in [2.24, 2.45) is 5.92 Å². The number of H-pyrrole nitrogens is 1. The molecule has 1 aromatic heterocycles. The van der Waals surface area contributed by atoms with Gasteiger partial charge in [-0.3, -0.25) is 14.4 Å². The quantitative estimate of drug-likeness (QED) is 0.823. The summed E-state index contributed by atoms with van der Waals surface area (Å²) in [6.45, 7) is 1.99. The summed E-state index contributed by atoms with van der Waals surface area (Å²) in [5.41, 5.74) is 0.853. The number of carbonyl (C=O) groups is 2. The third kappa shape index (κ3) is 3.54. The molecule has 2 aliphatic rings. The summed E-state index contributed by atoms with van der Waals surface area (Å²) in [5, 5.41) is 2.98. The smallest absolute Gasteiger partial charge is 0.261 e. The molecule has 2 aliphatic carbocycles. The zero-order chi connectivity index (χ0) is 16.4. The first-order chi connectivity index (χ1) is 11.0. The van der Waals surface area contributed by atoms with Gasteiger partial charge in [0.05, 0.1) is 0 Å². The highest BCUT2D eigenvalue weighted by Crippen LogP contribution is 2.23. The maximum atomic E-state index is 12.5. The zero-order valence-electron chi connectivity index (χ0n) is 13.6. The minimum atomic E-state index is -0.392. The van der Waals surface area contributed by atoms with Crippen LogP contribution in [0.25, 0.3) is 0 Å². The third-order valence-electron chi connectivity index (χ3n) is 4.94. The summed E-state index contributed by atoms with van der Waals surface area (Å²) in [4.78, 5) is 39.6. The molecule has 5 nitrogen and oxygen atoms in total. The van der Waals surface area contributed by atoms with Gasteiger partial charge in [0, 0.05) is 23.7 Å². The first-order valence-electron chi connectivity index (χ1n) is 8.65. The first kappa shape index (κ1) is 16.0. The van der Waals surface area contributed by atoms with E-state index in [0.717, 1.165) is 25.7 Å². The number of Topliss-reactive ketones (excluding diaryl/α,β-unsaturated/α-hetero) is 1. The summed E-state index contributed by atoms with van der Waals surface area (Å²) < 4.78 is 0. The molecule has 0 aliphatic heterocycles. The molecule has 23 heavy (non-hydrogen) atoms. The Labute approximate surface area is 135 Å². The summed E-state index contributed by atoms with van der Waals surface area (Å²) in [6, 6.07) is 1.63. The van der Waals surface area contributed by atoms with Gasteiger partial charge in [0.1, 0.15) is 5.56 Å². The zero-order valence-corrected chi connectivity index (χ0v) is 13.6. The second-order valence-corrected chi connectivity index (χ2v) is 7.00. The number of aromatic amines is 1. The number of fused-ring (bicyclic) bond motifs is 1. The molecule has 0 spiro atoms. The van der Waals surface area contributed by atoms with Crippen LogP contribution in [-0.2, 0) is 6.42 Å². The Morgan fingerprint density at radius 2 is 1.83 bits per heavy atom. The van der Waals surface area contributed by atoms with Crippen LogP contribution in [0.4, 0.5) is 0 Å². The highest BCUT2D eigenvalue weighted by atomic mass is 16.2. The van der Waals surface area contributed by atoms with Crippen LogP contribution >= 0.6 is 0 Å². The Kier molecular flexibility index (Phi) is 4.64. The van der Waals surface area contributed by atoms with Crippen molar-refractivity contribution >= 4 is 11.7 Å². The highest BCUT2D eigenvalue weighted by Gasteiger charge is 2.26. The minimum absolute atomic E-state index is 0.0125. The lowest BCUT2D eigenvalue weighted by Gasteiger charge is -2.21. The van der Waals surface area contributed by atoms with Gasteiger partial charge >= 0.3 is 0 Å². The molecular weight excluding hydrogens is 292 g/mol. The number of rotatable bonds is 2. The molecule has 5 heteroatoms. The van der Waals surface area contributed by atoms with Crippen molar-refractivity contribution in [3.63, 3.8) is 0 Å². The largest absolute Gasteiger partial charge is 0.349 e. The number of ketones is 1. The fourth-order valence-electron chi connectivity index (χ4n) is 3.68. The van der Waals surface area contributed by atoms with Crippen LogP contribution < -0.4 is 10.9 Å². The van der Waals surface area contributed by atoms with Gasteiger partial charge in [-0.2, -0.15) is 0 Å². The Hall–Kier alpha value is -1.91. The summed E-state index contributed by atoms with van der Waals surface area (Å²) in [6.07, 6.45) is 7.72. The SMILES string of the molecule is C[C@@H]1CC(=O)c2cc(C(=O)NC3CCCCCC3)c(=O)[nH]c2C1. The number of pyridine rings is 1. The van der Waals surface area contributed by atoms with Crippen LogP contribution in [0.3, 0.4) is 0 Å². The standard InChI is InChI=1S/C18H24N2O3/c1-11-8-15-13(16(21)9-11)10-14(18(23)20-15)17(22)19-12-6-4-2-3-5-7-12/h10-12H,2-9H2,1H3,(H,19,22)(H,20,23)/t11-/m0/s1. The molecule has 124 valence electrons. The predicted molar refractivity (Wildman–Crippen MR) is 87.8 cm³/mol. The van der Waals surface area contributed by atoms with Crippen LogP contribution in [0.1, 0.15) is 78.3 Å². The van der Waals surface area contributed by atoms with E-state index in [0.29, 0.717) is 24.1 Å². The average molecular weight is 316 g/mol. The topological polar surface area (TPSA) is 79.0 Å². The maximum absolute atomic E-state index is 12.5. The fourth-order valence-corrected chi connectivity index (χ4v) is 3.68.